The van der Waals surface area contributed by atoms with Gasteiger partial charge in [0.15, 0.2) is 0 Å². The molecule has 3 heterocycles. The Kier molecular flexibility index (Phi) is 5.06. The minimum Gasteiger partial charge on any atom is -0.497 e. The highest BCUT2D eigenvalue weighted by Crippen LogP contribution is 2.36. The van der Waals surface area contributed by atoms with Crippen molar-refractivity contribution in [3.05, 3.63) is 56.4 Å². The van der Waals surface area contributed by atoms with Gasteiger partial charge in [-0.15, -0.1) is 11.3 Å². The number of carbonyl (C=O) groups is 1. The number of likely N-dealkylation sites (tertiary alicyclic amines) is 1. The molecule has 1 aliphatic carbocycles. The van der Waals surface area contributed by atoms with Gasteiger partial charge in [0.2, 0.25) is 5.91 Å². The van der Waals surface area contributed by atoms with E-state index in [4.69, 9.17) is 9.72 Å². The van der Waals surface area contributed by atoms with Crippen LogP contribution in [-0.2, 0) is 24.1 Å². The van der Waals surface area contributed by atoms with E-state index < -0.39 is 0 Å². The number of hydrogen-bond acceptors (Lipinski definition) is 5. The number of fused-ring (bicyclic) bond motifs is 3. The molecule has 0 saturated carbocycles. The Hall–Kier alpha value is -2.67. The quantitative estimate of drug-likeness (QED) is 0.693. The number of nitrogens with zero attached hydrogens (tertiary/aromatic N) is 2. The van der Waals surface area contributed by atoms with Crippen LogP contribution in [0.5, 0.6) is 5.75 Å². The number of hydrogen-bond donors (Lipinski definition) is 1. The molecule has 1 aliphatic heterocycles. The maximum absolute atomic E-state index is 13.0. The summed E-state index contributed by atoms with van der Waals surface area (Å²) < 4.78 is 5.19. The van der Waals surface area contributed by atoms with Gasteiger partial charge >= 0.3 is 0 Å². The second-order valence-electron chi connectivity index (χ2n) is 8.11. The first-order valence-corrected chi connectivity index (χ1v) is 11.4. The molecule has 1 N–H and O–H groups in total. The van der Waals surface area contributed by atoms with Crippen molar-refractivity contribution >= 4 is 27.5 Å². The van der Waals surface area contributed by atoms with Gasteiger partial charge in [0.05, 0.1) is 25.0 Å². The summed E-state index contributed by atoms with van der Waals surface area (Å²) in [6, 6.07) is 7.42. The number of carbonyl (C=O) groups excluding carboxylic acids is 1. The zero-order valence-electron chi connectivity index (χ0n) is 17.1. The monoisotopic (exact) mass is 423 g/mol. The molecule has 1 unspecified atom stereocenters. The van der Waals surface area contributed by atoms with E-state index in [0.29, 0.717) is 18.8 Å². The molecule has 2 aromatic heterocycles. The van der Waals surface area contributed by atoms with Gasteiger partial charge in [0.25, 0.3) is 5.56 Å². The van der Waals surface area contributed by atoms with Crippen molar-refractivity contribution in [2.75, 3.05) is 13.7 Å². The number of aromatic amines is 1. The lowest BCUT2D eigenvalue weighted by Crippen LogP contribution is -2.33. The van der Waals surface area contributed by atoms with Gasteiger partial charge in [-0.25, -0.2) is 4.98 Å². The van der Waals surface area contributed by atoms with Gasteiger partial charge in [-0.1, -0.05) is 12.1 Å². The second kappa shape index (κ2) is 7.87. The maximum Gasteiger partial charge on any atom is 0.259 e. The van der Waals surface area contributed by atoms with E-state index in [0.717, 1.165) is 53.6 Å². The number of aryl methyl sites for hydroxylation is 2. The lowest BCUT2D eigenvalue weighted by Gasteiger charge is -2.24. The summed E-state index contributed by atoms with van der Waals surface area (Å²) in [5, 5.41) is 0.771. The first kappa shape index (κ1) is 19.3. The third-order valence-electron chi connectivity index (χ3n) is 6.25. The van der Waals surface area contributed by atoms with Gasteiger partial charge in [-0.05, 0) is 61.8 Å². The minimum atomic E-state index is -0.160. The van der Waals surface area contributed by atoms with Crippen LogP contribution in [0.25, 0.3) is 10.2 Å². The van der Waals surface area contributed by atoms with Crippen molar-refractivity contribution in [1.82, 2.24) is 14.9 Å². The van der Waals surface area contributed by atoms with Crippen LogP contribution in [-0.4, -0.2) is 34.4 Å². The molecule has 0 radical (unpaired) electrons. The Morgan fingerprint density at radius 3 is 2.83 bits per heavy atom. The van der Waals surface area contributed by atoms with Gasteiger partial charge in [-0.2, -0.15) is 0 Å². The van der Waals surface area contributed by atoms with E-state index in [1.54, 1.807) is 18.4 Å². The highest BCUT2D eigenvalue weighted by Gasteiger charge is 2.32. The molecule has 0 bridgehead atoms. The van der Waals surface area contributed by atoms with E-state index in [1.165, 1.54) is 16.9 Å². The molecular formula is C23H25N3O3S. The zero-order chi connectivity index (χ0) is 20.7. The Morgan fingerprint density at radius 2 is 2.03 bits per heavy atom. The number of nitrogens with one attached hydrogen (secondary N) is 1. The number of rotatable bonds is 4. The molecule has 1 atom stereocenters. The third-order valence-corrected chi connectivity index (χ3v) is 7.43. The first-order chi connectivity index (χ1) is 14.6. The summed E-state index contributed by atoms with van der Waals surface area (Å²) in [4.78, 5) is 37.8. The van der Waals surface area contributed by atoms with Crippen molar-refractivity contribution in [3.8, 4) is 5.75 Å². The Balaban J connectivity index is 1.42. The van der Waals surface area contributed by atoms with Crippen molar-refractivity contribution in [2.24, 2.45) is 0 Å². The van der Waals surface area contributed by atoms with Crippen molar-refractivity contribution in [2.45, 2.75) is 51.0 Å². The standard InChI is InChI=1S/C23H25N3O3S/c1-29-15-10-8-14(9-11-15)13-19(27)26-12-4-6-17(26)21-24-22(28)20-16-5-2-3-7-18(16)30-23(20)25-21/h8-11,17H,2-7,12-13H2,1H3,(H,24,25,28). The Labute approximate surface area is 178 Å². The minimum absolute atomic E-state index is 0.0520. The van der Waals surface area contributed by atoms with Gasteiger partial charge in [-0.3, -0.25) is 9.59 Å². The third kappa shape index (κ3) is 3.41. The average Bonchev–Trinajstić information content (AvgIpc) is 3.39. The predicted octanol–water partition coefficient (Wildman–Crippen LogP) is 3.78. The smallest absolute Gasteiger partial charge is 0.259 e. The maximum atomic E-state index is 13.0. The summed E-state index contributed by atoms with van der Waals surface area (Å²) in [6.45, 7) is 0.697. The van der Waals surface area contributed by atoms with Crippen molar-refractivity contribution in [1.29, 1.82) is 0 Å². The predicted molar refractivity (Wildman–Crippen MR) is 117 cm³/mol. The summed E-state index contributed by atoms with van der Waals surface area (Å²) in [5.74, 6) is 1.47. The fourth-order valence-corrected chi connectivity index (χ4v) is 5.98. The molecule has 6 nitrogen and oxygen atoms in total. The van der Waals surface area contributed by atoms with Gasteiger partial charge < -0.3 is 14.6 Å². The van der Waals surface area contributed by atoms with E-state index in [-0.39, 0.29) is 17.5 Å². The molecule has 1 fully saturated rings. The lowest BCUT2D eigenvalue weighted by atomic mass is 9.97. The molecule has 7 heteroatoms. The summed E-state index contributed by atoms with van der Waals surface area (Å²) >= 11 is 1.66. The zero-order valence-corrected chi connectivity index (χ0v) is 17.9. The van der Waals surface area contributed by atoms with Crippen LogP contribution in [0.2, 0.25) is 0 Å². The molecule has 5 rings (SSSR count). The molecule has 2 aliphatic rings. The number of thiophene rings is 1. The lowest BCUT2D eigenvalue weighted by molar-refractivity contribution is -0.131. The number of benzene rings is 1. The van der Waals surface area contributed by atoms with Crippen LogP contribution in [0.15, 0.2) is 29.1 Å². The molecular weight excluding hydrogens is 398 g/mol. The normalized spacial score (nSPS) is 18.6. The highest BCUT2D eigenvalue weighted by molar-refractivity contribution is 7.18. The SMILES string of the molecule is COc1ccc(CC(=O)N2CCCC2c2nc3sc4c(c3c(=O)[nH]2)CCCC4)cc1. The molecule has 1 aromatic carbocycles. The molecule has 1 amide bonds. The molecule has 156 valence electrons. The fraction of sp³-hybridized carbons (Fsp3) is 0.435. The Bertz CT molecular complexity index is 1150. The summed E-state index contributed by atoms with van der Waals surface area (Å²) in [6.07, 6.45) is 6.41. The number of amides is 1. The van der Waals surface area contributed by atoms with E-state index in [9.17, 15) is 9.59 Å². The van der Waals surface area contributed by atoms with E-state index >= 15 is 0 Å². The molecule has 1 saturated heterocycles. The van der Waals surface area contributed by atoms with Crippen LogP contribution in [0, 0.1) is 0 Å². The molecule has 3 aromatic rings. The van der Waals surface area contributed by atoms with Crippen LogP contribution < -0.4 is 10.3 Å². The molecule has 30 heavy (non-hydrogen) atoms. The highest BCUT2D eigenvalue weighted by atomic mass is 32.1. The fourth-order valence-electron chi connectivity index (χ4n) is 4.71. The molecule has 0 spiro atoms. The second-order valence-corrected chi connectivity index (χ2v) is 9.20. The van der Waals surface area contributed by atoms with E-state index in [2.05, 4.69) is 4.98 Å². The summed E-state index contributed by atoms with van der Waals surface area (Å²) in [7, 11) is 1.63. The number of ether oxygens (including phenoxy) is 1. The number of methoxy groups -OCH3 is 1. The largest absolute Gasteiger partial charge is 0.497 e. The van der Waals surface area contributed by atoms with Crippen molar-refractivity contribution in [3.63, 3.8) is 0 Å². The average molecular weight is 424 g/mol. The van der Waals surface area contributed by atoms with Crippen LogP contribution >= 0.6 is 11.3 Å². The first-order valence-electron chi connectivity index (χ1n) is 10.6. The van der Waals surface area contributed by atoms with Crippen LogP contribution in [0.4, 0.5) is 0 Å². The number of aromatic nitrogens is 2. The summed E-state index contributed by atoms with van der Waals surface area (Å²) in [5.41, 5.74) is 2.10. The van der Waals surface area contributed by atoms with Gasteiger partial charge in [0.1, 0.15) is 16.4 Å². The van der Waals surface area contributed by atoms with Crippen molar-refractivity contribution < 1.29 is 9.53 Å². The van der Waals surface area contributed by atoms with Crippen LogP contribution in [0.1, 0.15) is 53.6 Å². The van der Waals surface area contributed by atoms with Gasteiger partial charge in [0, 0.05) is 11.4 Å². The number of H-pyrrole nitrogens is 1. The topological polar surface area (TPSA) is 75.3 Å². The Morgan fingerprint density at radius 1 is 1.23 bits per heavy atom. The van der Waals surface area contributed by atoms with Crippen LogP contribution in [0.3, 0.4) is 0 Å². The van der Waals surface area contributed by atoms with E-state index in [1.807, 2.05) is 29.2 Å².